The molecular formula is C17H17FO5. The van der Waals surface area contributed by atoms with E-state index in [1.807, 2.05) is 0 Å². The molecule has 0 fully saturated rings. The Hall–Kier alpha value is -2.73. The van der Waals surface area contributed by atoms with Gasteiger partial charge in [-0.05, 0) is 25.1 Å². The van der Waals surface area contributed by atoms with Crippen molar-refractivity contribution in [2.75, 3.05) is 6.61 Å². The maximum atomic E-state index is 13.4. The summed E-state index contributed by atoms with van der Waals surface area (Å²) in [6, 6.07) is 11.6. The summed E-state index contributed by atoms with van der Waals surface area (Å²) < 4.78 is 18.3. The van der Waals surface area contributed by atoms with Gasteiger partial charge in [0.2, 0.25) is 0 Å². The first-order chi connectivity index (χ1) is 11.0. The summed E-state index contributed by atoms with van der Waals surface area (Å²) >= 11 is 0. The molecule has 0 aliphatic heterocycles. The predicted molar refractivity (Wildman–Crippen MR) is 81.7 cm³/mol. The molecule has 0 spiro atoms. The van der Waals surface area contributed by atoms with Crippen LogP contribution < -0.4 is 0 Å². The number of carboxylic acid groups (broad SMARTS) is 1. The van der Waals surface area contributed by atoms with Crippen molar-refractivity contribution in [1.82, 2.24) is 0 Å². The van der Waals surface area contributed by atoms with Gasteiger partial charge < -0.3 is 14.9 Å². The Balaban J connectivity index is 0.000000816. The third-order valence-electron chi connectivity index (χ3n) is 2.69. The first kappa shape index (κ1) is 18.3. The minimum atomic E-state index is -1.22. The van der Waals surface area contributed by atoms with Crippen LogP contribution in [0.5, 0.6) is 0 Å². The van der Waals surface area contributed by atoms with E-state index in [1.54, 1.807) is 13.0 Å². The molecule has 0 atom stereocenters. The smallest absolute Gasteiger partial charge is 0.339 e. The van der Waals surface area contributed by atoms with Crippen molar-refractivity contribution in [1.29, 1.82) is 0 Å². The van der Waals surface area contributed by atoms with Gasteiger partial charge in [-0.15, -0.1) is 0 Å². The number of benzene rings is 2. The molecule has 2 aromatic rings. The van der Waals surface area contributed by atoms with E-state index in [2.05, 4.69) is 0 Å². The third kappa shape index (κ3) is 5.52. The number of carboxylic acids is 1. The maximum absolute atomic E-state index is 13.4. The number of aliphatic hydroxyl groups is 1. The van der Waals surface area contributed by atoms with E-state index in [1.165, 1.54) is 42.5 Å². The van der Waals surface area contributed by atoms with Gasteiger partial charge in [0.15, 0.2) is 0 Å². The molecule has 0 amide bonds. The van der Waals surface area contributed by atoms with Crippen molar-refractivity contribution in [3.8, 4) is 0 Å². The number of hydrogen-bond donors (Lipinski definition) is 2. The second-order valence-corrected chi connectivity index (χ2v) is 4.33. The summed E-state index contributed by atoms with van der Waals surface area (Å²) in [7, 11) is 0. The zero-order valence-corrected chi connectivity index (χ0v) is 12.5. The minimum absolute atomic E-state index is 0.0589. The zero-order chi connectivity index (χ0) is 17.2. The standard InChI is InChI=1S/C15H11FO4.C2H6O/c16-13-8-4-1-5-10(13)9-20-15(19)12-7-3-2-6-11(12)14(17)18;1-2-3/h1-8H,9H2,(H,17,18);3H,2H2,1H3. The molecule has 2 N–H and O–H groups in total. The number of carbonyl (C=O) groups is 2. The lowest BCUT2D eigenvalue weighted by molar-refractivity contribution is 0.0460. The average molecular weight is 320 g/mol. The Morgan fingerprint density at radius 2 is 1.57 bits per heavy atom. The molecule has 2 rings (SSSR count). The highest BCUT2D eigenvalue weighted by molar-refractivity contribution is 6.02. The van der Waals surface area contributed by atoms with Gasteiger partial charge >= 0.3 is 11.9 Å². The van der Waals surface area contributed by atoms with Crippen LogP contribution in [0.15, 0.2) is 48.5 Å². The molecule has 0 saturated carbocycles. The molecular weight excluding hydrogens is 303 g/mol. The van der Waals surface area contributed by atoms with E-state index >= 15 is 0 Å². The van der Waals surface area contributed by atoms with Crippen LogP contribution in [0.4, 0.5) is 4.39 Å². The Kier molecular flexibility index (Phi) is 7.42. The minimum Gasteiger partial charge on any atom is -0.478 e. The van der Waals surface area contributed by atoms with Crippen molar-refractivity contribution < 1.29 is 28.9 Å². The van der Waals surface area contributed by atoms with Crippen molar-refractivity contribution in [3.05, 3.63) is 71.0 Å². The monoisotopic (exact) mass is 320 g/mol. The number of carbonyl (C=O) groups excluding carboxylic acids is 1. The predicted octanol–water partition coefficient (Wildman–Crippen LogP) is 2.88. The fourth-order valence-electron chi connectivity index (χ4n) is 1.68. The summed E-state index contributed by atoms with van der Waals surface area (Å²) in [6.07, 6.45) is 0. The Labute approximate surface area is 133 Å². The van der Waals surface area contributed by atoms with Crippen molar-refractivity contribution >= 4 is 11.9 Å². The van der Waals surface area contributed by atoms with Gasteiger partial charge in [-0.1, -0.05) is 30.3 Å². The highest BCUT2D eigenvalue weighted by Crippen LogP contribution is 2.13. The molecule has 23 heavy (non-hydrogen) atoms. The van der Waals surface area contributed by atoms with Crippen molar-refractivity contribution in [2.45, 2.75) is 13.5 Å². The lowest BCUT2D eigenvalue weighted by Crippen LogP contribution is -2.11. The molecule has 6 heteroatoms. The van der Waals surface area contributed by atoms with E-state index in [4.69, 9.17) is 14.9 Å². The van der Waals surface area contributed by atoms with Gasteiger partial charge in [0, 0.05) is 12.2 Å². The normalized spacial score (nSPS) is 9.52. The van der Waals surface area contributed by atoms with Crippen LogP contribution in [0, 0.1) is 5.82 Å². The van der Waals surface area contributed by atoms with Crippen molar-refractivity contribution in [3.63, 3.8) is 0 Å². The molecule has 0 radical (unpaired) electrons. The molecule has 0 unspecified atom stereocenters. The lowest BCUT2D eigenvalue weighted by atomic mass is 10.1. The van der Waals surface area contributed by atoms with Crippen LogP contribution >= 0.6 is 0 Å². The van der Waals surface area contributed by atoms with Crippen LogP contribution in [0.25, 0.3) is 0 Å². The van der Waals surface area contributed by atoms with Gasteiger partial charge in [-0.25, -0.2) is 14.0 Å². The molecule has 0 bridgehead atoms. The van der Waals surface area contributed by atoms with Gasteiger partial charge in [-0.3, -0.25) is 0 Å². The summed E-state index contributed by atoms with van der Waals surface area (Å²) in [4.78, 5) is 22.8. The first-order valence-corrected chi connectivity index (χ1v) is 6.85. The van der Waals surface area contributed by atoms with Crippen LogP contribution in [-0.4, -0.2) is 28.8 Å². The largest absolute Gasteiger partial charge is 0.478 e. The average Bonchev–Trinajstić information content (AvgIpc) is 2.54. The molecule has 0 saturated heterocycles. The molecule has 5 nitrogen and oxygen atoms in total. The van der Waals surface area contributed by atoms with Gasteiger partial charge in [-0.2, -0.15) is 0 Å². The molecule has 0 heterocycles. The Morgan fingerprint density at radius 3 is 2.13 bits per heavy atom. The third-order valence-corrected chi connectivity index (χ3v) is 2.69. The highest BCUT2D eigenvalue weighted by atomic mass is 19.1. The Bertz CT molecular complexity index is 670. The number of hydrogen-bond acceptors (Lipinski definition) is 4. The van der Waals surface area contributed by atoms with Crippen LogP contribution in [-0.2, 0) is 11.3 Å². The van der Waals surface area contributed by atoms with Crippen molar-refractivity contribution in [2.24, 2.45) is 0 Å². The first-order valence-electron chi connectivity index (χ1n) is 6.85. The van der Waals surface area contributed by atoms with E-state index in [9.17, 15) is 14.0 Å². The number of rotatable bonds is 4. The maximum Gasteiger partial charge on any atom is 0.339 e. The lowest BCUT2D eigenvalue weighted by Gasteiger charge is -2.07. The fourth-order valence-corrected chi connectivity index (χ4v) is 1.68. The zero-order valence-electron chi connectivity index (χ0n) is 12.5. The molecule has 0 aliphatic rings. The second-order valence-electron chi connectivity index (χ2n) is 4.33. The number of aliphatic hydroxyl groups excluding tert-OH is 1. The number of halogens is 1. The number of ether oxygens (including phenoxy) is 1. The van der Waals surface area contributed by atoms with E-state index < -0.39 is 17.8 Å². The molecule has 2 aromatic carbocycles. The summed E-state index contributed by atoms with van der Waals surface area (Å²) in [6.45, 7) is 1.68. The molecule has 122 valence electrons. The van der Waals surface area contributed by atoms with E-state index in [0.29, 0.717) is 0 Å². The van der Waals surface area contributed by atoms with Crippen LogP contribution in [0.1, 0.15) is 33.2 Å². The van der Waals surface area contributed by atoms with Gasteiger partial charge in [0.1, 0.15) is 12.4 Å². The molecule has 0 aromatic heterocycles. The summed E-state index contributed by atoms with van der Waals surface area (Å²) in [5.41, 5.74) is 0.0241. The van der Waals surface area contributed by atoms with Gasteiger partial charge in [0.05, 0.1) is 11.1 Å². The van der Waals surface area contributed by atoms with E-state index in [-0.39, 0.29) is 29.9 Å². The van der Waals surface area contributed by atoms with E-state index in [0.717, 1.165) is 0 Å². The van der Waals surface area contributed by atoms with Crippen LogP contribution in [0.2, 0.25) is 0 Å². The fraction of sp³-hybridized carbons (Fsp3) is 0.176. The second kappa shape index (κ2) is 9.32. The topological polar surface area (TPSA) is 83.8 Å². The van der Waals surface area contributed by atoms with Gasteiger partial charge in [0.25, 0.3) is 0 Å². The molecule has 0 aliphatic carbocycles. The number of aromatic carboxylic acids is 1. The Morgan fingerprint density at radius 1 is 1.04 bits per heavy atom. The highest BCUT2D eigenvalue weighted by Gasteiger charge is 2.17. The quantitative estimate of drug-likeness (QED) is 0.846. The van der Waals surface area contributed by atoms with Crippen LogP contribution in [0.3, 0.4) is 0 Å². The summed E-state index contributed by atoms with van der Waals surface area (Å²) in [5.74, 6) is -2.50. The summed E-state index contributed by atoms with van der Waals surface area (Å²) in [5, 5.41) is 16.5. The SMILES string of the molecule is CCO.O=C(O)c1ccccc1C(=O)OCc1ccccc1F. The number of esters is 1.